The normalized spacial score (nSPS) is 14.1. The molecule has 3 aromatic rings. The van der Waals surface area contributed by atoms with E-state index in [4.69, 9.17) is 9.47 Å². The van der Waals surface area contributed by atoms with Crippen molar-refractivity contribution in [3.05, 3.63) is 58.8 Å². The lowest BCUT2D eigenvalue weighted by Gasteiger charge is -2.23. The first-order chi connectivity index (χ1) is 16.5. The molecule has 1 amide bonds. The first-order valence-corrected chi connectivity index (χ1v) is 11.9. The van der Waals surface area contributed by atoms with Crippen molar-refractivity contribution in [1.82, 2.24) is 14.9 Å². The molecule has 0 saturated carbocycles. The molecular weight excluding hydrogens is 498 g/mol. The van der Waals surface area contributed by atoms with E-state index in [2.05, 4.69) is 48.5 Å². The topological polar surface area (TPSA) is 88.6 Å². The third-order valence-electron chi connectivity index (χ3n) is 5.59. The van der Waals surface area contributed by atoms with E-state index >= 15 is 0 Å². The van der Waals surface area contributed by atoms with Crippen molar-refractivity contribution in [3.63, 3.8) is 0 Å². The lowest BCUT2D eigenvalue weighted by Crippen LogP contribution is -2.27. The minimum atomic E-state index is -0.172. The molecule has 1 aliphatic rings. The number of rotatable bonds is 8. The fourth-order valence-corrected chi connectivity index (χ4v) is 4.14. The Kier molecular flexibility index (Phi) is 8.10. The van der Waals surface area contributed by atoms with Gasteiger partial charge in [-0.3, -0.25) is 4.79 Å². The van der Waals surface area contributed by atoms with Gasteiger partial charge in [-0.25, -0.2) is 9.97 Å². The Bertz CT molecular complexity index is 1190. The minimum Gasteiger partial charge on any atom is -0.489 e. The van der Waals surface area contributed by atoms with Crippen LogP contribution < -0.4 is 15.4 Å². The number of ether oxygens (including phenoxy) is 2. The van der Waals surface area contributed by atoms with Crippen molar-refractivity contribution < 1.29 is 14.3 Å². The van der Waals surface area contributed by atoms with E-state index in [1.54, 1.807) is 13.2 Å². The summed E-state index contributed by atoms with van der Waals surface area (Å²) in [5, 5.41) is 7.11. The first kappa shape index (κ1) is 24.1. The van der Waals surface area contributed by atoms with E-state index in [9.17, 15) is 4.79 Å². The number of carbonyl (C=O) groups is 1. The van der Waals surface area contributed by atoms with Crippen LogP contribution in [0, 0.1) is 0 Å². The van der Waals surface area contributed by atoms with Crippen molar-refractivity contribution in [2.45, 2.75) is 12.8 Å². The molecule has 0 spiro atoms. The molecule has 0 unspecified atom stereocenters. The summed E-state index contributed by atoms with van der Waals surface area (Å²) >= 11 is 3.49. The lowest BCUT2D eigenvalue weighted by atomic mass is 10.0. The highest BCUT2D eigenvalue weighted by atomic mass is 79.9. The van der Waals surface area contributed by atoms with E-state index in [-0.39, 0.29) is 5.91 Å². The van der Waals surface area contributed by atoms with Crippen LogP contribution in [0.5, 0.6) is 5.75 Å². The second-order valence-corrected chi connectivity index (χ2v) is 9.08. The fraction of sp³-hybridized carbons (Fsp3) is 0.320. The smallest absolute Gasteiger partial charge is 0.248 e. The van der Waals surface area contributed by atoms with Gasteiger partial charge >= 0.3 is 0 Å². The summed E-state index contributed by atoms with van der Waals surface area (Å²) in [6.45, 7) is 2.71. The number of amides is 1. The van der Waals surface area contributed by atoms with Crippen LogP contribution in [0.3, 0.4) is 0 Å². The number of likely N-dealkylation sites (tertiary alicyclic amines) is 1. The number of halogens is 1. The monoisotopic (exact) mass is 525 g/mol. The molecule has 1 saturated heterocycles. The average Bonchev–Trinajstić information content (AvgIpc) is 2.81. The van der Waals surface area contributed by atoms with Crippen molar-refractivity contribution in [1.29, 1.82) is 0 Å². The summed E-state index contributed by atoms with van der Waals surface area (Å²) in [4.78, 5) is 24.0. The number of piperidine rings is 1. The largest absolute Gasteiger partial charge is 0.489 e. The number of nitrogens with zero attached hydrogens (tertiary/aromatic N) is 3. The van der Waals surface area contributed by atoms with Crippen LogP contribution in [0.4, 0.5) is 17.2 Å². The van der Waals surface area contributed by atoms with Crippen LogP contribution in [-0.4, -0.2) is 61.2 Å². The zero-order chi connectivity index (χ0) is 23.9. The van der Waals surface area contributed by atoms with Gasteiger partial charge in [-0.05, 0) is 44.2 Å². The summed E-state index contributed by atoms with van der Waals surface area (Å²) in [6, 6.07) is 11.5. The molecule has 34 heavy (non-hydrogen) atoms. The van der Waals surface area contributed by atoms with E-state index in [0.29, 0.717) is 36.0 Å². The molecule has 1 fully saturated rings. The Morgan fingerprint density at radius 3 is 2.76 bits per heavy atom. The second kappa shape index (κ2) is 11.4. The molecule has 1 aliphatic heterocycles. The fourth-order valence-electron chi connectivity index (χ4n) is 3.74. The molecule has 178 valence electrons. The van der Waals surface area contributed by atoms with Crippen LogP contribution in [-0.2, 0) is 9.53 Å². The molecule has 0 aliphatic carbocycles. The zero-order valence-electron chi connectivity index (χ0n) is 19.3. The van der Waals surface area contributed by atoms with Gasteiger partial charge in [-0.2, -0.15) is 0 Å². The number of methoxy groups -OCH3 is 1. The molecule has 2 N–H and O–H groups in total. The third-order valence-corrected chi connectivity index (χ3v) is 6.08. The summed E-state index contributed by atoms with van der Waals surface area (Å²) in [5.41, 5.74) is 3.29. The summed E-state index contributed by atoms with van der Waals surface area (Å²) in [5.74, 6) is 0.997. The zero-order valence-corrected chi connectivity index (χ0v) is 20.9. The molecule has 2 aromatic carbocycles. The van der Waals surface area contributed by atoms with Gasteiger partial charge < -0.3 is 25.0 Å². The van der Waals surface area contributed by atoms with Crippen LogP contribution >= 0.6 is 15.9 Å². The molecule has 1 aromatic heterocycles. The molecule has 8 nitrogen and oxygen atoms in total. The molecular formula is C25H28BrN5O3. The number of carbonyl (C=O) groups excluding carboxylic acids is 1. The number of hydrogen-bond acceptors (Lipinski definition) is 7. The average molecular weight is 526 g/mol. The van der Waals surface area contributed by atoms with Crippen molar-refractivity contribution in [3.8, 4) is 5.75 Å². The second-order valence-electron chi connectivity index (χ2n) is 8.16. The Balaban J connectivity index is 1.65. The number of nitrogens with one attached hydrogen (secondary N) is 2. The number of benzene rings is 2. The van der Waals surface area contributed by atoms with Gasteiger partial charge in [-0.15, -0.1) is 0 Å². The molecule has 4 rings (SSSR count). The Hall–Kier alpha value is -3.01. The quantitative estimate of drug-likeness (QED) is 0.324. The molecule has 9 heteroatoms. The van der Waals surface area contributed by atoms with Gasteiger partial charge in [0.05, 0.1) is 17.8 Å². The van der Waals surface area contributed by atoms with Gasteiger partial charge in [0.15, 0.2) is 0 Å². The van der Waals surface area contributed by atoms with Crippen LogP contribution in [0.1, 0.15) is 12.8 Å². The van der Waals surface area contributed by atoms with Crippen molar-refractivity contribution in [2.75, 3.05) is 51.1 Å². The van der Waals surface area contributed by atoms with E-state index < -0.39 is 0 Å². The Morgan fingerprint density at radius 2 is 2.00 bits per heavy atom. The van der Waals surface area contributed by atoms with Crippen LogP contribution in [0.2, 0.25) is 0 Å². The van der Waals surface area contributed by atoms with Crippen molar-refractivity contribution in [2.24, 2.45) is 0 Å². The number of aromatic nitrogens is 2. The van der Waals surface area contributed by atoms with E-state index in [0.717, 1.165) is 47.1 Å². The van der Waals surface area contributed by atoms with Gasteiger partial charge in [0, 0.05) is 47.9 Å². The minimum absolute atomic E-state index is 0.172. The number of anilines is 3. The SMILES string of the molecule is COCCOc1cc2ncnc(Nc3cccc(Br)c3)c2cc1NC(=O)C=C1CCN(C)CC1. The number of fused-ring (bicyclic) bond motifs is 1. The Labute approximate surface area is 207 Å². The first-order valence-electron chi connectivity index (χ1n) is 11.1. The van der Waals surface area contributed by atoms with E-state index in [1.807, 2.05) is 36.4 Å². The lowest BCUT2D eigenvalue weighted by molar-refractivity contribution is -0.112. The predicted octanol–water partition coefficient (Wildman–Crippen LogP) is 4.75. The summed E-state index contributed by atoms with van der Waals surface area (Å²) in [6.07, 6.45) is 5.00. The highest BCUT2D eigenvalue weighted by Crippen LogP contribution is 2.34. The molecule has 2 heterocycles. The maximum atomic E-state index is 12.9. The van der Waals surface area contributed by atoms with Gasteiger partial charge in [0.2, 0.25) is 5.91 Å². The van der Waals surface area contributed by atoms with Crippen molar-refractivity contribution >= 4 is 49.9 Å². The highest BCUT2D eigenvalue weighted by molar-refractivity contribution is 9.10. The molecule has 0 bridgehead atoms. The van der Waals surface area contributed by atoms with Crippen LogP contribution in [0.15, 0.2) is 58.8 Å². The highest BCUT2D eigenvalue weighted by Gasteiger charge is 2.15. The summed E-state index contributed by atoms with van der Waals surface area (Å²) in [7, 11) is 3.71. The maximum Gasteiger partial charge on any atom is 0.248 e. The van der Waals surface area contributed by atoms with Gasteiger partial charge in [-0.1, -0.05) is 27.6 Å². The number of hydrogen-bond donors (Lipinski definition) is 2. The third kappa shape index (κ3) is 6.31. The standard InChI is InChI=1S/C25H28BrN5O3/c1-31-8-6-17(7-9-31)12-24(32)30-22-14-20-21(15-23(22)34-11-10-33-2)27-16-28-25(20)29-19-5-3-4-18(26)13-19/h3-5,12-16H,6-11H2,1-2H3,(H,30,32)(H,27,28,29). The molecule has 0 radical (unpaired) electrons. The van der Waals surface area contributed by atoms with Gasteiger partial charge in [0.25, 0.3) is 0 Å². The Morgan fingerprint density at radius 1 is 1.18 bits per heavy atom. The van der Waals surface area contributed by atoms with E-state index in [1.165, 1.54) is 6.33 Å². The van der Waals surface area contributed by atoms with Crippen LogP contribution in [0.25, 0.3) is 10.9 Å². The van der Waals surface area contributed by atoms with Gasteiger partial charge in [0.1, 0.15) is 24.5 Å². The predicted molar refractivity (Wildman–Crippen MR) is 138 cm³/mol. The summed E-state index contributed by atoms with van der Waals surface area (Å²) < 4.78 is 12.0. The maximum absolute atomic E-state index is 12.9. The molecule has 0 atom stereocenters.